The van der Waals surface area contributed by atoms with Crippen molar-refractivity contribution in [2.75, 3.05) is 0 Å². The van der Waals surface area contributed by atoms with Gasteiger partial charge in [0.25, 0.3) is 5.69 Å². The number of pyridine rings is 1. The van der Waals surface area contributed by atoms with Crippen LogP contribution in [-0.2, 0) is 6.42 Å². The topological polar surface area (TPSA) is 56.0 Å². The largest absolute Gasteiger partial charge is 0.275 e. The van der Waals surface area contributed by atoms with Gasteiger partial charge in [0.15, 0.2) is 0 Å². The smallest absolute Gasteiger partial charge is 0.264 e. The van der Waals surface area contributed by atoms with Gasteiger partial charge in [-0.3, -0.25) is 15.1 Å². The summed E-state index contributed by atoms with van der Waals surface area (Å²) >= 11 is 0. The average molecular weight is 194 g/mol. The van der Waals surface area contributed by atoms with Gasteiger partial charge in [-0.2, -0.15) is 0 Å². The Morgan fingerprint density at radius 1 is 1.50 bits per heavy atom. The van der Waals surface area contributed by atoms with Crippen molar-refractivity contribution in [3.8, 4) is 0 Å². The number of rotatable bonds is 5. The summed E-state index contributed by atoms with van der Waals surface area (Å²) in [4.78, 5) is 14.2. The quantitative estimate of drug-likeness (QED) is 0.411. The zero-order valence-electron chi connectivity index (χ0n) is 8.27. The monoisotopic (exact) mass is 194 g/mol. The molecule has 1 heterocycles. The van der Waals surface area contributed by atoms with Crippen LogP contribution in [0.25, 0.3) is 0 Å². The third-order valence-corrected chi connectivity index (χ3v) is 2.12. The highest BCUT2D eigenvalue weighted by molar-refractivity contribution is 5.37. The molecule has 0 fully saturated rings. The summed E-state index contributed by atoms with van der Waals surface area (Å²) in [7, 11) is 0. The van der Waals surface area contributed by atoms with Gasteiger partial charge in [-0.05, 0) is 12.8 Å². The normalized spacial score (nSPS) is 10.1. The molecule has 1 rings (SSSR count). The first-order valence-electron chi connectivity index (χ1n) is 4.83. The molecule has 14 heavy (non-hydrogen) atoms. The molecule has 0 unspecified atom stereocenters. The Labute approximate surface area is 83.1 Å². The Balaban J connectivity index is 2.69. The fourth-order valence-corrected chi connectivity index (χ4v) is 1.36. The lowest BCUT2D eigenvalue weighted by Crippen LogP contribution is -1.96. The van der Waals surface area contributed by atoms with E-state index in [9.17, 15) is 10.1 Å². The van der Waals surface area contributed by atoms with E-state index in [-0.39, 0.29) is 10.6 Å². The minimum absolute atomic E-state index is 0.191. The van der Waals surface area contributed by atoms with E-state index in [2.05, 4.69) is 11.9 Å². The first-order chi connectivity index (χ1) is 6.75. The van der Waals surface area contributed by atoms with Crippen LogP contribution < -0.4 is 0 Å². The predicted molar refractivity (Wildman–Crippen MR) is 54.1 cm³/mol. The predicted octanol–water partition coefficient (Wildman–Crippen LogP) is 2.72. The number of nitrogens with zero attached hydrogens (tertiary/aromatic N) is 2. The van der Waals surface area contributed by atoms with E-state index in [0.29, 0.717) is 0 Å². The molecule has 0 atom stereocenters. The molecule has 1 aromatic heterocycles. The fraction of sp³-hybridized carbons (Fsp3) is 0.500. The molecular weight excluding hydrogens is 180 g/mol. The molecule has 0 N–H and O–H groups in total. The summed E-state index contributed by atoms with van der Waals surface area (Å²) in [6, 6.07) is 1.46. The lowest BCUT2D eigenvalue weighted by molar-refractivity contribution is -0.385. The van der Waals surface area contributed by atoms with Crippen molar-refractivity contribution in [1.29, 1.82) is 0 Å². The molecule has 0 saturated carbocycles. The third-order valence-electron chi connectivity index (χ3n) is 2.12. The van der Waals surface area contributed by atoms with Crippen LogP contribution in [-0.4, -0.2) is 9.91 Å². The highest BCUT2D eigenvalue weighted by Gasteiger charge is 2.11. The molecule has 0 aliphatic heterocycles. The summed E-state index contributed by atoms with van der Waals surface area (Å²) in [6.07, 6.45) is 7.01. The number of unbranched alkanes of at least 4 members (excludes halogenated alkanes) is 2. The molecule has 0 spiro atoms. The van der Waals surface area contributed by atoms with Gasteiger partial charge >= 0.3 is 0 Å². The Hall–Kier alpha value is -1.45. The average Bonchev–Trinajstić information content (AvgIpc) is 2.19. The maximum absolute atomic E-state index is 10.6. The molecular formula is C10H14N2O2. The minimum atomic E-state index is -0.344. The number of nitro groups is 1. The molecule has 0 radical (unpaired) electrons. The molecule has 76 valence electrons. The van der Waals surface area contributed by atoms with Gasteiger partial charge in [0, 0.05) is 24.0 Å². The number of aryl methyl sites for hydroxylation is 1. The van der Waals surface area contributed by atoms with Crippen LogP contribution in [0.1, 0.15) is 31.7 Å². The Bertz CT molecular complexity index is 313. The number of aromatic nitrogens is 1. The molecule has 0 saturated heterocycles. The summed E-state index contributed by atoms with van der Waals surface area (Å²) in [6.45, 7) is 2.11. The van der Waals surface area contributed by atoms with Crippen LogP contribution >= 0.6 is 0 Å². The number of hydrogen-bond acceptors (Lipinski definition) is 3. The molecule has 0 amide bonds. The first kappa shape index (κ1) is 10.6. The summed E-state index contributed by atoms with van der Waals surface area (Å²) in [5.74, 6) is 0. The molecule has 4 heteroatoms. The zero-order chi connectivity index (χ0) is 10.4. The van der Waals surface area contributed by atoms with Crippen molar-refractivity contribution in [3.63, 3.8) is 0 Å². The van der Waals surface area contributed by atoms with Gasteiger partial charge in [-0.25, -0.2) is 0 Å². The van der Waals surface area contributed by atoms with E-state index in [0.717, 1.165) is 31.2 Å². The lowest BCUT2D eigenvalue weighted by atomic mass is 10.1. The van der Waals surface area contributed by atoms with Gasteiger partial charge in [0.1, 0.15) is 0 Å². The molecule has 4 nitrogen and oxygen atoms in total. The van der Waals surface area contributed by atoms with Crippen LogP contribution in [0.15, 0.2) is 18.5 Å². The zero-order valence-corrected chi connectivity index (χ0v) is 8.27. The molecule has 1 aromatic rings. The Morgan fingerprint density at radius 3 is 2.93 bits per heavy atom. The molecule has 0 aliphatic rings. The maximum atomic E-state index is 10.6. The van der Waals surface area contributed by atoms with Gasteiger partial charge in [0.2, 0.25) is 0 Å². The van der Waals surface area contributed by atoms with Crippen molar-refractivity contribution in [3.05, 3.63) is 34.1 Å². The minimum Gasteiger partial charge on any atom is -0.264 e. The fourth-order valence-electron chi connectivity index (χ4n) is 1.36. The van der Waals surface area contributed by atoms with E-state index >= 15 is 0 Å². The van der Waals surface area contributed by atoms with E-state index in [1.807, 2.05) is 0 Å². The number of hydrogen-bond donors (Lipinski definition) is 0. The Kier molecular flexibility index (Phi) is 4.04. The molecule has 0 bridgehead atoms. The second-order valence-corrected chi connectivity index (χ2v) is 3.22. The summed E-state index contributed by atoms with van der Waals surface area (Å²) in [5.41, 5.74) is 0.932. The van der Waals surface area contributed by atoms with Crippen molar-refractivity contribution < 1.29 is 4.92 Å². The van der Waals surface area contributed by atoms with Crippen molar-refractivity contribution in [2.24, 2.45) is 0 Å². The lowest BCUT2D eigenvalue weighted by Gasteiger charge is -2.00. The van der Waals surface area contributed by atoms with Crippen molar-refractivity contribution >= 4 is 5.69 Å². The van der Waals surface area contributed by atoms with E-state index < -0.39 is 0 Å². The second kappa shape index (κ2) is 5.32. The highest BCUT2D eigenvalue weighted by atomic mass is 16.6. The van der Waals surface area contributed by atoms with E-state index in [1.165, 1.54) is 12.3 Å². The standard InChI is InChI=1S/C10H14N2O2/c1-2-3-4-5-9-8-11-7-6-10(9)12(13)14/h6-8H,2-5H2,1H3. The van der Waals surface area contributed by atoms with E-state index in [4.69, 9.17) is 0 Å². The SMILES string of the molecule is CCCCCc1cnccc1[N+](=O)[O-]. The molecule has 0 aliphatic carbocycles. The second-order valence-electron chi connectivity index (χ2n) is 3.22. The Morgan fingerprint density at radius 2 is 2.29 bits per heavy atom. The van der Waals surface area contributed by atoms with Crippen LogP contribution in [0.5, 0.6) is 0 Å². The summed E-state index contributed by atoms with van der Waals surface area (Å²) < 4.78 is 0. The third kappa shape index (κ3) is 2.80. The van der Waals surface area contributed by atoms with Gasteiger partial charge < -0.3 is 0 Å². The van der Waals surface area contributed by atoms with Crippen LogP contribution in [0, 0.1) is 10.1 Å². The summed E-state index contributed by atoms with van der Waals surface area (Å²) in [5, 5.41) is 10.6. The molecule has 0 aromatic carbocycles. The van der Waals surface area contributed by atoms with E-state index in [1.54, 1.807) is 6.20 Å². The van der Waals surface area contributed by atoms with Gasteiger partial charge in [-0.1, -0.05) is 19.8 Å². The van der Waals surface area contributed by atoms with Crippen LogP contribution in [0.3, 0.4) is 0 Å². The first-order valence-corrected chi connectivity index (χ1v) is 4.83. The van der Waals surface area contributed by atoms with Crippen LogP contribution in [0.2, 0.25) is 0 Å². The van der Waals surface area contributed by atoms with Gasteiger partial charge in [0.05, 0.1) is 4.92 Å². The highest BCUT2D eigenvalue weighted by Crippen LogP contribution is 2.18. The maximum Gasteiger partial charge on any atom is 0.275 e. The van der Waals surface area contributed by atoms with Crippen LogP contribution in [0.4, 0.5) is 5.69 Å². The van der Waals surface area contributed by atoms with Crippen molar-refractivity contribution in [1.82, 2.24) is 4.98 Å². The van der Waals surface area contributed by atoms with Crippen molar-refractivity contribution in [2.45, 2.75) is 32.6 Å². The van der Waals surface area contributed by atoms with Gasteiger partial charge in [-0.15, -0.1) is 0 Å².